The maximum absolute atomic E-state index is 12.4. The molecule has 0 atom stereocenters. The Bertz CT molecular complexity index is 1280. The molecule has 0 unspecified atom stereocenters. The topological polar surface area (TPSA) is 279 Å². The van der Waals surface area contributed by atoms with Gasteiger partial charge in [-0.2, -0.15) is 15.0 Å². The van der Waals surface area contributed by atoms with E-state index in [0.29, 0.717) is 23.5 Å². The molecular formula is C25H51ClN12O3. The highest BCUT2D eigenvalue weighted by molar-refractivity contribution is 6.04. The third-order valence-electron chi connectivity index (χ3n) is 6.45. The van der Waals surface area contributed by atoms with Gasteiger partial charge in [-0.25, -0.2) is 0 Å². The molecule has 1 amide bonds. The summed E-state index contributed by atoms with van der Waals surface area (Å²) in [6.45, 7) is 3.68. The Morgan fingerprint density at radius 3 is 1.93 bits per heavy atom. The van der Waals surface area contributed by atoms with Gasteiger partial charge in [-0.15, -0.1) is 12.4 Å². The molecule has 0 spiro atoms. The van der Waals surface area contributed by atoms with E-state index < -0.39 is 11.5 Å². The van der Waals surface area contributed by atoms with Gasteiger partial charge in [0.15, 0.2) is 0 Å². The zero-order valence-electron chi connectivity index (χ0n) is 23.3. The number of phenolic OH excluding ortho intramolecular Hbond substituents is 1. The lowest BCUT2D eigenvalue weighted by atomic mass is 10.1. The lowest BCUT2D eigenvalue weighted by Gasteiger charge is -2.30. The second kappa shape index (κ2) is 16.9. The van der Waals surface area contributed by atoms with Crippen molar-refractivity contribution < 1.29 is 15.6 Å². The van der Waals surface area contributed by atoms with Gasteiger partial charge in [-0.3, -0.25) is 9.59 Å². The number of aromatic nitrogens is 4. The molecule has 2 aliphatic heterocycles. The lowest BCUT2D eigenvalue weighted by molar-refractivity contribution is 0.102. The van der Waals surface area contributed by atoms with Crippen LogP contribution in [-0.4, -0.2) is 57.1 Å². The normalized spacial score (nSPS) is 14.0. The predicted octanol–water partition coefficient (Wildman–Crippen LogP) is 5.30. The van der Waals surface area contributed by atoms with Crippen molar-refractivity contribution >= 4 is 47.5 Å². The molecule has 2 aliphatic rings. The van der Waals surface area contributed by atoms with Crippen molar-refractivity contribution in [3.05, 3.63) is 52.4 Å². The quantitative estimate of drug-likeness (QED) is 0.166. The van der Waals surface area contributed by atoms with E-state index in [-0.39, 0.29) is 59.7 Å². The number of H-pyrrole nitrogens is 1. The van der Waals surface area contributed by atoms with E-state index in [4.69, 9.17) is 4.98 Å². The van der Waals surface area contributed by atoms with Crippen molar-refractivity contribution in [2.75, 3.05) is 46.6 Å². The van der Waals surface area contributed by atoms with Gasteiger partial charge in [0.25, 0.3) is 11.5 Å². The Labute approximate surface area is 251 Å². The molecule has 0 bridgehead atoms. The van der Waals surface area contributed by atoms with Crippen LogP contribution in [0, 0.1) is 0 Å². The molecular weight excluding hydrogens is 552 g/mol. The SMILES string of the molecule is Cl.N.N.N.N.O=C(Nc1ccc(Nc2nc(N3CCCCC3)nc(N3CCCCC3)n2)cc1O)c1ccc[nH]c1=O.[HH].[HH].[HH].[HH]. The summed E-state index contributed by atoms with van der Waals surface area (Å²) in [4.78, 5) is 45.3. The highest BCUT2D eigenvalue weighted by Gasteiger charge is 2.21. The molecule has 41 heavy (non-hydrogen) atoms. The molecule has 0 aliphatic carbocycles. The summed E-state index contributed by atoms with van der Waals surface area (Å²) in [7, 11) is 0. The van der Waals surface area contributed by atoms with E-state index in [0.717, 1.165) is 51.9 Å². The number of anilines is 5. The standard InChI is InChI=1S/C25H30N8O3.ClH.4H3N.4H2/c34-20-16-17(9-10-19(20)28-22(36)18-8-7-11-26-21(18)35)27-23-29-24(32-12-3-1-4-13-32)31-25(30-23)33-14-5-2-6-15-33;;;;;;;;;/h7-11,16,34H,1-6,12-15H2,(H,26,35)(H,28,36)(H,27,29,30,31);1H;4*1H3;4*1H. The Morgan fingerprint density at radius 1 is 0.854 bits per heavy atom. The number of carbonyl (C=O) groups is 1. The largest absolute Gasteiger partial charge is 0.506 e. The average Bonchev–Trinajstić information content (AvgIpc) is 2.91. The van der Waals surface area contributed by atoms with Crippen LogP contribution in [0.2, 0.25) is 0 Å². The summed E-state index contributed by atoms with van der Waals surface area (Å²) >= 11 is 0. The number of halogens is 1. The fourth-order valence-electron chi connectivity index (χ4n) is 4.51. The van der Waals surface area contributed by atoms with Gasteiger partial charge in [0.05, 0.1) is 5.69 Å². The highest BCUT2D eigenvalue weighted by Crippen LogP contribution is 2.29. The number of nitrogens with zero attached hydrogens (tertiary/aromatic N) is 5. The number of amides is 1. The number of pyridine rings is 1. The van der Waals surface area contributed by atoms with Crippen LogP contribution in [0.15, 0.2) is 41.3 Å². The first-order valence-corrected chi connectivity index (χ1v) is 12.4. The Morgan fingerprint density at radius 2 is 1.41 bits per heavy atom. The number of phenols is 1. The molecule has 16 heteroatoms. The van der Waals surface area contributed by atoms with Gasteiger partial charge < -0.3 is 55.1 Å². The van der Waals surface area contributed by atoms with Crippen LogP contribution >= 0.6 is 12.4 Å². The second-order valence-electron chi connectivity index (χ2n) is 9.08. The van der Waals surface area contributed by atoms with Crippen molar-refractivity contribution in [1.29, 1.82) is 0 Å². The Kier molecular flexibility index (Phi) is 15.3. The Hall–Kier alpha value is -4.02. The van der Waals surface area contributed by atoms with E-state index in [9.17, 15) is 14.7 Å². The number of nitrogens with one attached hydrogen (secondary N) is 3. The fourth-order valence-corrected chi connectivity index (χ4v) is 4.51. The monoisotopic (exact) mass is 602 g/mol. The minimum Gasteiger partial charge on any atom is -0.506 e. The molecule has 0 saturated carbocycles. The smallest absolute Gasteiger partial charge is 0.261 e. The predicted molar refractivity (Wildman–Crippen MR) is 174 cm³/mol. The summed E-state index contributed by atoms with van der Waals surface area (Å²) in [5.74, 6) is 0.964. The fraction of sp³-hybridized carbons (Fsp3) is 0.400. The van der Waals surface area contributed by atoms with Gasteiger partial charge in [0, 0.05) is 49.8 Å². The molecule has 3 aromatic rings. The molecule has 2 saturated heterocycles. The van der Waals surface area contributed by atoms with Gasteiger partial charge in [0.2, 0.25) is 17.8 Å². The van der Waals surface area contributed by atoms with Crippen LogP contribution < -0.4 is 50.6 Å². The molecule has 0 radical (unpaired) electrons. The summed E-state index contributed by atoms with van der Waals surface area (Å²) in [5, 5.41) is 16.3. The number of hydrogen-bond acceptors (Lipinski definition) is 13. The minimum absolute atomic E-state index is 0. The molecule has 2 aromatic heterocycles. The van der Waals surface area contributed by atoms with E-state index >= 15 is 0 Å². The molecule has 15 nitrogen and oxygen atoms in total. The zero-order chi connectivity index (χ0) is 24.9. The van der Waals surface area contributed by atoms with Gasteiger partial charge in [-0.05, 0) is 62.8 Å². The first kappa shape index (κ1) is 37.0. The number of aromatic amines is 1. The maximum atomic E-state index is 12.4. The van der Waals surface area contributed by atoms with Crippen LogP contribution in [0.4, 0.5) is 29.2 Å². The van der Waals surface area contributed by atoms with Crippen molar-refractivity contribution in [2.24, 2.45) is 0 Å². The van der Waals surface area contributed by atoms with Crippen molar-refractivity contribution in [2.45, 2.75) is 38.5 Å². The third kappa shape index (κ3) is 8.99. The zero-order valence-corrected chi connectivity index (χ0v) is 24.1. The first-order chi connectivity index (χ1) is 17.6. The number of aromatic hydroxyl groups is 1. The number of benzene rings is 1. The number of hydrogen-bond donors (Lipinski definition) is 8. The molecule has 5 rings (SSSR count). The van der Waals surface area contributed by atoms with Gasteiger partial charge >= 0.3 is 0 Å². The molecule has 16 N–H and O–H groups in total. The number of rotatable bonds is 6. The molecule has 1 aromatic carbocycles. The third-order valence-corrected chi connectivity index (χ3v) is 6.45. The second-order valence-corrected chi connectivity index (χ2v) is 9.08. The van der Waals surface area contributed by atoms with Crippen LogP contribution in [-0.2, 0) is 0 Å². The minimum atomic E-state index is -0.609. The first-order valence-electron chi connectivity index (χ1n) is 12.4. The molecule has 4 heterocycles. The van der Waals surface area contributed by atoms with Crippen molar-refractivity contribution in [3.63, 3.8) is 0 Å². The number of carbonyl (C=O) groups excluding carboxylic acids is 1. The highest BCUT2D eigenvalue weighted by atomic mass is 35.5. The van der Waals surface area contributed by atoms with Crippen molar-refractivity contribution in [1.82, 2.24) is 44.5 Å². The van der Waals surface area contributed by atoms with E-state index in [1.165, 1.54) is 31.2 Å². The van der Waals surface area contributed by atoms with E-state index in [1.54, 1.807) is 18.2 Å². The van der Waals surface area contributed by atoms with Gasteiger partial charge in [-0.1, -0.05) is 0 Å². The number of piperidine rings is 2. The summed E-state index contributed by atoms with van der Waals surface area (Å²) in [6.07, 6.45) is 8.34. The molecule has 236 valence electrons. The van der Waals surface area contributed by atoms with Crippen LogP contribution in [0.1, 0.15) is 54.6 Å². The van der Waals surface area contributed by atoms with Crippen LogP contribution in [0.3, 0.4) is 0 Å². The van der Waals surface area contributed by atoms with E-state index in [1.807, 2.05) is 0 Å². The summed E-state index contributed by atoms with van der Waals surface area (Å²) in [6, 6.07) is 7.73. The Balaban J connectivity index is -0.000000593. The van der Waals surface area contributed by atoms with Crippen molar-refractivity contribution in [3.8, 4) is 5.75 Å². The summed E-state index contributed by atoms with van der Waals surface area (Å²) < 4.78 is 0. The van der Waals surface area contributed by atoms with Crippen LogP contribution in [0.25, 0.3) is 0 Å². The van der Waals surface area contributed by atoms with Crippen LogP contribution in [0.5, 0.6) is 5.75 Å². The lowest BCUT2D eigenvalue weighted by Crippen LogP contribution is -2.34. The average molecular weight is 603 g/mol. The molecule has 2 fully saturated rings. The van der Waals surface area contributed by atoms with Gasteiger partial charge in [0.1, 0.15) is 11.3 Å². The van der Waals surface area contributed by atoms with E-state index in [2.05, 4.69) is 35.4 Å². The maximum Gasteiger partial charge on any atom is 0.261 e. The summed E-state index contributed by atoms with van der Waals surface area (Å²) in [5.41, 5.74) is 0.201.